The molecule has 0 spiro atoms. The Morgan fingerprint density at radius 2 is 1.33 bits per heavy atom. The van der Waals surface area contributed by atoms with Crippen LogP contribution >= 0.6 is 22.7 Å². The normalized spacial score (nSPS) is 12.7. The second-order valence-electron chi connectivity index (χ2n) is 11.4. The van der Waals surface area contributed by atoms with E-state index in [9.17, 15) is 0 Å². The Balaban J connectivity index is 1.32. The summed E-state index contributed by atoms with van der Waals surface area (Å²) in [7, 11) is -1.83. The molecule has 0 amide bonds. The number of rotatable bonds is 14. The summed E-state index contributed by atoms with van der Waals surface area (Å²) < 4.78 is 7.76. The molecule has 10 heteroatoms. The topological polar surface area (TPSA) is 74.8 Å². The van der Waals surface area contributed by atoms with E-state index in [4.69, 9.17) is 4.43 Å². The summed E-state index contributed by atoms with van der Waals surface area (Å²) in [5.41, 5.74) is 5.89. The Labute approximate surface area is 259 Å². The lowest BCUT2D eigenvalue weighted by atomic mass is 10.1. The van der Waals surface area contributed by atoms with Gasteiger partial charge in [-0.1, -0.05) is 76.3 Å². The number of hydrogen-bond donors (Lipinski definition) is 0. The van der Waals surface area contributed by atoms with Gasteiger partial charge in [0.2, 0.25) is 5.13 Å². The van der Waals surface area contributed by atoms with Crippen LogP contribution in [0.3, 0.4) is 0 Å². The lowest BCUT2D eigenvalue weighted by Gasteiger charge is -2.42. The van der Waals surface area contributed by atoms with E-state index in [2.05, 4.69) is 110 Å². The molecule has 0 saturated carbocycles. The van der Waals surface area contributed by atoms with E-state index in [1.165, 1.54) is 33.9 Å². The summed E-state index contributed by atoms with van der Waals surface area (Å²) >= 11 is 3.02. The first kappa shape index (κ1) is 32.1. The second-order valence-corrected chi connectivity index (χ2v) is 18.9. The highest BCUT2D eigenvalue weighted by Gasteiger charge is 2.44. The first-order valence-electron chi connectivity index (χ1n) is 15.0. The molecule has 0 atom stereocenters. The zero-order valence-corrected chi connectivity index (χ0v) is 28.8. The molecule has 42 heavy (non-hydrogen) atoms. The number of nitrogens with zero attached hydrogens (tertiary/aromatic N) is 6. The fourth-order valence-electron chi connectivity index (χ4n) is 5.91. The van der Waals surface area contributed by atoms with Crippen molar-refractivity contribution in [3.63, 3.8) is 0 Å². The molecule has 0 saturated heterocycles. The van der Waals surface area contributed by atoms with Gasteiger partial charge in [-0.2, -0.15) is 0 Å². The molecule has 4 aromatic rings. The van der Waals surface area contributed by atoms with Crippen LogP contribution in [0.1, 0.15) is 61.0 Å². The van der Waals surface area contributed by atoms with Crippen LogP contribution in [0, 0.1) is 0 Å². The van der Waals surface area contributed by atoms with Crippen LogP contribution < -0.4 is 4.90 Å². The van der Waals surface area contributed by atoms with Gasteiger partial charge in [0.05, 0.1) is 16.1 Å². The number of aromatic nitrogens is 1. The first-order chi connectivity index (χ1) is 20.2. The molecule has 0 unspecified atom stereocenters. The quantitative estimate of drug-likeness (QED) is 0.104. The molecule has 2 aromatic carbocycles. The van der Waals surface area contributed by atoms with Crippen molar-refractivity contribution in [2.45, 2.75) is 78.4 Å². The van der Waals surface area contributed by atoms with Crippen molar-refractivity contribution in [2.24, 2.45) is 20.5 Å². The summed E-state index contributed by atoms with van der Waals surface area (Å²) in [5, 5.41) is 19.1. The van der Waals surface area contributed by atoms with E-state index in [1.807, 2.05) is 30.3 Å². The Hall–Kier alpha value is -2.79. The van der Waals surface area contributed by atoms with Gasteiger partial charge in [0, 0.05) is 25.4 Å². The van der Waals surface area contributed by atoms with Gasteiger partial charge in [-0.3, -0.25) is 0 Å². The maximum Gasteiger partial charge on any atom is 0.231 e. The fourth-order valence-corrected chi connectivity index (χ4v) is 13.2. The maximum absolute atomic E-state index is 6.72. The minimum atomic E-state index is -1.83. The summed E-state index contributed by atoms with van der Waals surface area (Å²) in [6, 6.07) is 18.5. The smallest absolute Gasteiger partial charge is 0.231 e. The van der Waals surface area contributed by atoms with Gasteiger partial charge < -0.3 is 9.33 Å². The summed E-state index contributed by atoms with van der Waals surface area (Å²) in [4.78, 5) is 7.83. The molecule has 4 rings (SSSR count). The fraction of sp³-hybridized carbons (Fsp3) is 0.469. The third-order valence-corrected chi connectivity index (χ3v) is 16.0. The van der Waals surface area contributed by atoms with E-state index in [0.717, 1.165) is 52.0 Å². The minimum absolute atomic E-state index is 0.597. The van der Waals surface area contributed by atoms with E-state index < -0.39 is 8.32 Å². The minimum Gasteiger partial charge on any atom is -0.416 e. The lowest BCUT2D eigenvalue weighted by molar-refractivity contribution is 0.281. The number of fused-ring (bicyclic) bond motifs is 1. The van der Waals surface area contributed by atoms with Crippen molar-refractivity contribution < 1.29 is 4.43 Å². The molecule has 0 fully saturated rings. The van der Waals surface area contributed by atoms with Crippen LogP contribution in [0.15, 0.2) is 75.1 Å². The number of azo groups is 2. The van der Waals surface area contributed by atoms with E-state index in [0.29, 0.717) is 21.8 Å². The lowest BCUT2D eigenvalue weighted by Crippen LogP contribution is -2.48. The van der Waals surface area contributed by atoms with Crippen molar-refractivity contribution in [3.05, 3.63) is 60.2 Å². The van der Waals surface area contributed by atoms with Gasteiger partial charge in [-0.15, -0.1) is 20.5 Å². The number of thiazole rings is 1. The highest BCUT2D eigenvalue weighted by molar-refractivity contribution is 7.30. The zero-order chi connectivity index (χ0) is 30.3. The summed E-state index contributed by atoms with van der Waals surface area (Å²) in [6.45, 7) is 21.0. The van der Waals surface area contributed by atoms with Gasteiger partial charge in [0.1, 0.15) is 9.83 Å². The first-order valence-corrected chi connectivity index (χ1v) is 18.7. The van der Waals surface area contributed by atoms with Crippen LogP contribution in [0.25, 0.3) is 9.53 Å². The number of thiophene rings is 1. The molecule has 0 radical (unpaired) electrons. The van der Waals surface area contributed by atoms with Crippen molar-refractivity contribution in [1.82, 2.24) is 4.98 Å². The third kappa shape index (κ3) is 7.58. The Morgan fingerprint density at radius 1 is 0.762 bits per heavy atom. The maximum atomic E-state index is 6.72. The van der Waals surface area contributed by atoms with Crippen LogP contribution in [0.2, 0.25) is 16.6 Å². The molecule has 0 aliphatic carbocycles. The van der Waals surface area contributed by atoms with Crippen LogP contribution in [-0.4, -0.2) is 33.0 Å². The molecule has 0 N–H and O–H groups in total. The van der Waals surface area contributed by atoms with Crippen LogP contribution in [0.5, 0.6) is 0 Å². The Bertz CT molecular complexity index is 1420. The molecular formula is C32H44N6OS2Si. The molecule has 7 nitrogen and oxygen atoms in total. The highest BCUT2D eigenvalue weighted by Crippen LogP contribution is 2.42. The Kier molecular flexibility index (Phi) is 11.2. The third-order valence-electron chi connectivity index (χ3n) is 7.94. The molecule has 0 bridgehead atoms. The summed E-state index contributed by atoms with van der Waals surface area (Å²) in [6.07, 6.45) is 0.909. The average Bonchev–Trinajstić information content (AvgIpc) is 3.53. The van der Waals surface area contributed by atoms with Gasteiger partial charge in [0.15, 0.2) is 8.32 Å². The Morgan fingerprint density at radius 3 is 1.88 bits per heavy atom. The number of benzene rings is 2. The van der Waals surface area contributed by atoms with Crippen LogP contribution in [-0.2, 0) is 10.8 Å². The van der Waals surface area contributed by atoms with E-state index in [1.54, 1.807) is 0 Å². The van der Waals surface area contributed by atoms with Crippen molar-refractivity contribution in [1.29, 1.82) is 0 Å². The molecule has 2 heterocycles. The van der Waals surface area contributed by atoms with Gasteiger partial charge >= 0.3 is 0 Å². The largest absolute Gasteiger partial charge is 0.416 e. The van der Waals surface area contributed by atoms with Crippen molar-refractivity contribution >= 4 is 67.7 Å². The highest BCUT2D eigenvalue weighted by atomic mass is 32.1. The predicted molar refractivity (Wildman–Crippen MR) is 183 cm³/mol. The van der Waals surface area contributed by atoms with Crippen molar-refractivity contribution in [2.75, 3.05) is 24.6 Å². The predicted octanol–water partition coefficient (Wildman–Crippen LogP) is 11.8. The van der Waals surface area contributed by atoms with Gasteiger partial charge in [0.25, 0.3) is 0 Å². The van der Waals surface area contributed by atoms with Crippen LogP contribution in [0.4, 0.5) is 27.2 Å². The van der Waals surface area contributed by atoms with Gasteiger partial charge in [-0.05, 0) is 84.9 Å². The zero-order valence-electron chi connectivity index (χ0n) is 26.2. The molecule has 0 aliphatic rings. The molecule has 224 valence electrons. The standard InChI is InChI=1S/C32H44N6OS2Si/c1-9-38(10-2)28-17-15-27(16-18-28)35-37-32-33-31-29(40-32)21-30(41-31)36-34-26-13-11-25(12-14-26)19-20-39-42(22(3)4,23(5)6)24(7)8/h11-18,21-24H,9-10,19-20H2,1-8H3. The van der Waals surface area contributed by atoms with Gasteiger partial charge in [-0.25, -0.2) is 4.98 Å². The molecule has 2 aromatic heterocycles. The molecular weight excluding hydrogens is 577 g/mol. The van der Waals surface area contributed by atoms with Crippen molar-refractivity contribution in [3.8, 4) is 0 Å². The summed E-state index contributed by atoms with van der Waals surface area (Å²) in [5.74, 6) is 0. The number of anilines is 1. The monoisotopic (exact) mass is 620 g/mol. The SMILES string of the molecule is CCN(CC)c1ccc(N=Nc2nc3sc(N=Nc4ccc(CCO[Si](C(C)C)(C(C)C)C(C)C)cc4)cc3s2)cc1. The molecule has 0 aliphatic heterocycles. The van der Waals surface area contributed by atoms with E-state index >= 15 is 0 Å². The number of hydrogen-bond acceptors (Lipinski definition) is 9. The average molecular weight is 621 g/mol. The van der Waals surface area contributed by atoms with E-state index in [-0.39, 0.29) is 0 Å². The second kappa shape index (κ2) is 14.6.